The first-order valence-corrected chi connectivity index (χ1v) is 8.51. The summed E-state index contributed by atoms with van der Waals surface area (Å²) in [5.41, 5.74) is 1.58. The van der Waals surface area contributed by atoms with Crippen molar-refractivity contribution in [1.29, 1.82) is 0 Å². The Bertz CT molecular complexity index is 794. The van der Waals surface area contributed by atoms with Crippen LogP contribution in [0.3, 0.4) is 0 Å². The minimum atomic E-state index is -3.12. The van der Waals surface area contributed by atoms with Gasteiger partial charge in [0.15, 0.2) is 9.84 Å². The van der Waals surface area contributed by atoms with Gasteiger partial charge in [0.25, 0.3) is 0 Å². The fourth-order valence-corrected chi connectivity index (χ4v) is 4.59. The molecular formula is C14H16N2O4S. The highest BCUT2D eigenvalue weighted by Gasteiger charge is 2.32. The van der Waals surface area contributed by atoms with Crippen LogP contribution in [0.2, 0.25) is 0 Å². The van der Waals surface area contributed by atoms with Crippen molar-refractivity contribution in [3.63, 3.8) is 0 Å². The smallest absolute Gasteiger partial charge is 0.339 e. The van der Waals surface area contributed by atoms with E-state index in [1.807, 2.05) is 0 Å². The molecule has 1 fully saturated rings. The number of methoxy groups -OCH3 is 1. The second kappa shape index (κ2) is 5.14. The molecule has 1 unspecified atom stereocenters. The van der Waals surface area contributed by atoms with Gasteiger partial charge in [-0.15, -0.1) is 0 Å². The van der Waals surface area contributed by atoms with Crippen LogP contribution in [0.4, 0.5) is 0 Å². The van der Waals surface area contributed by atoms with Gasteiger partial charge >= 0.3 is 5.97 Å². The van der Waals surface area contributed by atoms with Crippen LogP contribution in [0.5, 0.6) is 0 Å². The second-order valence-corrected chi connectivity index (χ2v) is 7.50. The van der Waals surface area contributed by atoms with Crippen LogP contribution in [0, 0.1) is 0 Å². The van der Waals surface area contributed by atoms with E-state index >= 15 is 0 Å². The SMILES string of the molecule is COC(=O)c1ccc2nc(C3CCCCS3(=O)=O)cn2c1. The number of esters is 1. The van der Waals surface area contributed by atoms with Gasteiger partial charge in [-0.2, -0.15) is 0 Å². The molecule has 2 aromatic heterocycles. The van der Waals surface area contributed by atoms with Gasteiger partial charge in [-0.25, -0.2) is 18.2 Å². The summed E-state index contributed by atoms with van der Waals surface area (Å²) in [4.78, 5) is 15.9. The highest BCUT2D eigenvalue weighted by molar-refractivity contribution is 7.91. The van der Waals surface area contributed by atoms with Gasteiger partial charge in [-0.1, -0.05) is 6.42 Å². The summed E-state index contributed by atoms with van der Waals surface area (Å²) in [7, 11) is -1.80. The van der Waals surface area contributed by atoms with Crippen LogP contribution >= 0.6 is 0 Å². The van der Waals surface area contributed by atoms with E-state index in [9.17, 15) is 13.2 Å². The van der Waals surface area contributed by atoms with E-state index < -0.39 is 21.1 Å². The number of sulfone groups is 1. The first-order chi connectivity index (χ1) is 10.0. The summed E-state index contributed by atoms with van der Waals surface area (Å²) in [6.07, 6.45) is 5.52. The number of ether oxygens (including phenoxy) is 1. The third kappa shape index (κ3) is 2.53. The van der Waals surface area contributed by atoms with Gasteiger partial charge in [0, 0.05) is 12.4 Å². The highest BCUT2D eigenvalue weighted by Crippen LogP contribution is 2.32. The van der Waals surface area contributed by atoms with Crippen LogP contribution in [0.15, 0.2) is 24.5 Å². The van der Waals surface area contributed by atoms with Crippen molar-refractivity contribution in [3.05, 3.63) is 35.8 Å². The number of carbonyl (C=O) groups excluding carboxylic acids is 1. The molecular weight excluding hydrogens is 292 g/mol. The van der Waals surface area contributed by atoms with Gasteiger partial charge in [0.1, 0.15) is 10.9 Å². The Morgan fingerprint density at radius 2 is 2.14 bits per heavy atom. The molecule has 3 heterocycles. The van der Waals surface area contributed by atoms with E-state index in [4.69, 9.17) is 0 Å². The number of nitrogens with zero attached hydrogens (tertiary/aromatic N) is 2. The molecule has 0 N–H and O–H groups in total. The van der Waals surface area contributed by atoms with Crippen molar-refractivity contribution in [1.82, 2.24) is 9.38 Å². The highest BCUT2D eigenvalue weighted by atomic mass is 32.2. The number of hydrogen-bond donors (Lipinski definition) is 0. The van der Waals surface area contributed by atoms with E-state index in [-0.39, 0.29) is 5.75 Å². The molecule has 0 aliphatic carbocycles. The Hall–Kier alpha value is -1.89. The first-order valence-electron chi connectivity index (χ1n) is 6.80. The fourth-order valence-electron chi connectivity index (χ4n) is 2.69. The lowest BCUT2D eigenvalue weighted by atomic mass is 10.1. The number of imidazole rings is 1. The standard InChI is InChI=1S/C14H16N2O4S/c1-20-14(17)10-5-6-13-15-11(9-16(13)8-10)12-4-2-3-7-21(12,18)19/h5-6,8-9,12H,2-4,7H2,1H3. The van der Waals surface area contributed by atoms with Crippen LogP contribution < -0.4 is 0 Å². The number of carbonyl (C=O) groups is 1. The molecule has 0 saturated carbocycles. The summed E-state index contributed by atoms with van der Waals surface area (Å²) in [5, 5.41) is -0.535. The normalized spacial score (nSPS) is 21.3. The molecule has 1 aliphatic rings. The average molecular weight is 308 g/mol. The van der Waals surface area contributed by atoms with Crippen molar-refractivity contribution in [2.24, 2.45) is 0 Å². The zero-order valence-corrected chi connectivity index (χ0v) is 12.5. The molecule has 0 spiro atoms. The van der Waals surface area contributed by atoms with Crippen molar-refractivity contribution in [2.45, 2.75) is 24.5 Å². The van der Waals surface area contributed by atoms with Crippen LogP contribution in [0.1, 0.15) is 40.6 Å². The fraction of sp³-hybridized carbons (Fsp3) is 0.429. The molecule has 7 heteroatoms. The maximum Gasteiger partial charge on any atom is 0.339 e. The minimum absolute atomic E-state index is 0.221. The number of hydrogen-bond acceptors (Lipinski definition) is 5. The zero-order chi connectivity index (χ0) is 15.0. The summed E-state index contributed by atoms with van der Waals surface area (Å²) >= 11 is 0. The van der Waals surface area contributed by atoms with Crippen LogP contribution in [-0.2, 0) is 14.6 Å². The topological polar surface area (TPSA) is 77.7 Å². The summed E-state index contributed by atoms with van der Waals surface area (Å²) in [6.45, 7) is 0. The van der Waals surface area contributed by atoms with E-state index in [1.165, 1.54) is 7.11 Å². The predicted octanol–water partition coefficient (Wildman–Crippen LogP) is 1.76. The average Bonchev–Trinajstić information content (AvgIpc) is 2.88. The van der Waals surface area contributed by atoms with Crippen molar-refractivity contribution in [3.8, 4) is 0 Å². The van der Waals surface area contributed by atoms with E-state index in [0.29, 0.717) is 23.3 Å². The third-order valence-electron chi connectivity index (χ3n) is 3.80. The molecule has 3 rings (SSSR count). The molecule has 1 aliphatic heterocycles. The molecule has 1 atom stereocenters. The molecule has 1 saturated heterocycles. The summed E-state index contributed by atoms with van der Waals surface area (Å²) in [6, 6.07) is 3.30. The van der Waals surface area contributed by atoms with Crippen molar-refractivity contribution in [2.75, 3.05) is 12.9 Å². The Morgan fingerprint density at radius 1 is 1.33 bits per heavy atom. The van der Waals surface area contributed by atoms with Gasteiger partial charge in [-0.3, -0.25) is 0 Å². The Morgan fingerprint density at radius 3 is 2.86 bits per heavy atom. The predicted molar refractivity (Wildman–Crippen MR) is 76.9 cm³/mol. The largest absolute Gasteiger partial charge is 0.465 e. The molecule has 112 valence electrons. The molecule has 0 bridgehead atoms. The minimum Gasteiger partial charge on any atom is -0.465 e. The Kier molecular flexibility index (Phi) is 3.44. The molecule has 0 amide bonds. The number of aromatic nitrogens is 2. The lowest BCUT2D eigenvalue weighted by Gasteiger charge is -2.20. The quantitative estimate of drug-likeness (QED) is 0.790. The molecule has 21 heavy (non-hydrogen) atoms. The third-order valence-corrected chi connectivity index (χ3v) is 6.00. The van der Waals surface area contributed by atoms with Gasteiger partial charge in [0.05, 0.1) is 24.1 Å². The summed E-state index contributed by atoms with van der Waals surface area (Å²) in [5.74, 6) is -0.212. The van der Waals surface area contributed by atoms with Crippen molar-refractivity contribution < 1.29 is 17.9 Å². The Balaban J connectivity index is 2.03. The van der Waals surface area contributed by atoms with Gasteiger partial charge in [-0.05, 0) is 25.0 Å². The maximum absolute atomic E-state index is 12.2. The second-order valence-electron chi connectivity index (χ2n) is 5.19. The first kappa shape index (κ1) is 14.1. The number of pyridine rings is 1. The monoisotopic (exact) mass is 308 g/mol. The van der Waals surface area contributed by atoms with Gasteiger partial charge < -0.3 is 9.14 Å². The molecule has 0 aromatic carbocycles. The lowest BCUT2D eigenvalue weighted by Crippen LogP contribution is -2.21. The molecule has 6 nitrogen and oxygen atoms in total. The van der Waals surface area contributed by atoms with E-state index in [0.717, 1.165) is 12.8 Å². The van der Waals surface area contributed by atoms with Gasteiger partial charge in [0.2, 0.25) is 0 Å². The van der Waals surface area contributed by atoms with Crippen LogP contribution in [0.25, 0.3) is 5.65 Å². The van der Waals surface area contributed by atoms with E-state index in [2.05, 4.69) is 9.72 Å². The number of rotatable bonds is 2. The number of fused-ring (bicyclic) bond motifs is 1. The Labute approximate surface area is 122 Å². The summed E-state index contributed by atoms with van der Waals surface area (Å²) < 4.78 is 30.7. The molecule has 0 radical (unpaired) electrons. The van der Waals surface area contributed by atoms with Crippen LogP contribution in [-0.4, -0.2) is 36.6 Å². The zero-order valence-electron chi connectivity index (χ0n) is 11.7. The maximum atomic E-state index is 12.2. The van der Waals surface area contributed by atoms with Crippen molar-refractivity contribution >= 4 is 21.5 Å². The lowest BCUT2D eigenvalue weighted by molar-refractivity contribution is 0.0600. The van der Waals surface area contributed by atoms with E-state index in [1.54, 1.807) is 28.9 Å². The molecule has 2 aromatic rings.